The number of carboxylic acid groups (broad SMARTS) is 3. The highest BCUT2D eigenvalue weighted by atomic mass is 16.5. The maximum absolute atomic E-state index is 12.9. The van der Waals surface area contributed by atoms with Gasteiger partial charge in [0.25, 0.3) is 0 Å². The summed E-state index contributed by atoms with van der Waals surface area (Å²) in [4.78, 5) is 84.9. The Morgan fingerprint density at radius 2 is 0.947 bits per heavy atom. The van der Waals surface area contributed by atoms with Gasteiger partial charge < -0.3 is 49.0 Å². The molecule has 392 valence electrons. The van der Waals surface area contributed by atoms with E-state index in [-0.39, 0.29) is 35.5 Å². The fourth-order valence-electron chi connectivity index (χ4n) is 10.7. The van der Waals surface area contributed by atoms with Crippen LogP contribution in [0.5, 0.6) is 0 Å². The van der Waals surface area contributed by atoms with E-state index >= 15 is 0 Å². The molecule has 1 N–H and O–H groups in total. The van der Waals surface area contributed by atoms with Crippen molar-refractivity contribution in [3.63, 3.8) is 0 Å². The van der Waals surface area contributed by atoms with Crippen LogP contribution in [0, 0.1) is 0 Å². The fourth-order valence-corrected chi connectivity index (χ4v) is 10.7. The van der Waals surface area contributed by atoms with Crippen molar-refractivity contribution >= 4 is 75.2 Å². The SMILES string of the molecule is C=C([O-])C[n+]1cc(C(=O)OC)c2c(c1)C(C)=C/C2=C\C1(C)C=C(C)c2c[n+](CC(=O)O)cc(C(=O)OC)c21.COC(=O)c1c[n+](CC(=O)[O-])cc2c1C(C)=C/C2=C\C1(C)C=C(C)c2c(C(=O)OC)c[n+](CC(=O)[O-])cc21. The van der Waals surface area contributed by atoms with Gasteiger partial charge in [-0.1, -0.05) is 42.2 Å². The standard InChI is InChI=1S/C29H28N2O7.C28H26N2O8/c1-16-7-19(25-20(16)11-30(10-18(3)32)13-22(25)27(35)37-5)9-29(4)8-17(2)21-12-31(15-24(33)34)14-23(26(21)29)28(36)38-6;1-15-6-17(18-9-29(13-22(31)32)10-19(24(15)18)26(35)37-4)8-28(3)7-16(2)25-20(27(36)38-5)11-30(12-21(25)28)14-23(33)34/h7-9,11-14H,3,10,15H2,1-2,4-6H3;6-12H,13-14H2,1-5H3/p+1/b19-9+;17-8+. The van der Waals surface area contributed by atoms with E-state index in [0.29, 0.717) is 44.5 Å². The fraction of sp³-hybridized carbons (Fsp3) is 0.281. The van der Waals surface area contributed by atoms with E-state index in [2.05, 4.69) is 6.58 Å². The van der Waals surface area contributed by atoms with Crippen LogP contribution in [0.15, 0.2) is 98.4 Å². The molecule has 2 unspecified atom stereocenters. The Labute approximate surface area is 437 Å². The van der Waals surface area contributed by atoms with E-state index in [1.54, 1.807) is 35.6 Å². The molecule has 0 amide bonds. The van der Waals surface area contributed by atoms with E-state index in [9.17, 15) is 54.0 Å². The van der Waals surface area contributed by atoms with E-state index in [0.717, 1.165) is 39.0 Å². The molecule has 2 atom stereocenters. The van der Waals surface area contributed by atoms with Gasteiger partial charge in [0.05, 0.1) is 39.6 Å². The molecular weight excluding hydrogens is 981 g/mol. The van der Waals surface area contributed by atoms with Gasteiger partial charge in [0, 0.05) is 38.6 Å². The van der Waals surface area contributed by atoms with E-state index in [1.807, 2.05) is 78.0 Å². The van der Waals surface area contributed by atoms with Crippen molar-refractivity contribution in [1.82, 2.24) is 0 Å². The second-order valence-corrected chi connectivity index (χ2v) is 19.2. The Morgan fingerprint density at radius 1 is 0.513 bits per heavy atom. The third-order valence-corrected chi connectivity index (χ3v) is 13.5. The molecular formula is C57H55N4O15+. The number of hydrogen-bond donors (Lipinski definition) is 1. The predicted molar refractivity (Wildman–Crippen MR) is 264 cm³/mol. The number of allylic oxidation sites excluding steroid dienone is 13. The Bertz CT molecular complexity index is 3480. The molecule has 0 saturated heterocycles. The zero-order chi connectivity index (χ0) is 55.9. The number of fused-ring (bicyclic) bond motifs is 4. The van der Waals surface area contributed by atoms with Crippen molar-refractivity contribution in [2.45, 2.75) is 78.6 Å². The van der Waals surface area contributed by atoms with Gasteiger partial charge in [-0.3, -0.25) is 0 Å². The lowest BCUT2D eigenvalue weighted by Crippen LogP contribution is -2.45. The quantitative estimate of drug-likeness (QED) is 0.0812. The highest BCUT2D eigenvalue weighted by molar-refractivity contribution is 6.06. The molecule has 76 heavy (non-hydrogen) atoms. The normalized spacial score (nSPS) is 18.4. The van der Waals surface area contributed by atoms with Crippen molar-refractivity contribution in [2.75, 3.05) is 28.4 Å². The summed E-state index contributed by atoms with van der Waals surface area (Å²) in [6.45, 7) is 13.6. The first-order chi connectivity index (χ1) is 35.8. The van der Waals surface area contributed by atoms with Crippen molar-refractivity contribution in [1.29, 1.82) is 0 Å². The van der Waals surface area contributed by atoms with Crippen molar-refractivity contribution in [2.24, 2.45) is 0 Å². The number of hydrogen-bond acceptors (Lipinski definition) is 14. The summed E-state index contributed by atoms with van der Waals surface area (Å²) in [5.74, 6) is -6.31. The third kappa shape index (κ3) is 10.5. The number of pyridine rings is 4. The third-order valence-electron chi connectivity index (χ3n) is 13.5. The highest BCUT2D eigenvalue weighted by Crippen LogP contribution is 2.48. The first-order valence-electron chi connectivity index (χ1n) is 23.6. The number of carbonyl (C=O) groups excluding carboxylic acids is 6. The molecule has 4 aliphatic carbocycles. The van der Waals surface area contributed by atoms with Crippen LogP contribution in [-0.4, -0.2) is 75.3 Å². The molecule has 0 saturated carbocycles. The first-order valence-corrected chi connectivity index (χ1v) is 23.6. The number of carbonyl (C=O) groups is 7. The molecule has 0 fully saturated rings. The molecule has 19 nitrogen and oxygen atoms in total. The second-order valence-electron chi connectivity index (χ2n) is 19.2. The molecule has 0 aromatic carbocycles. The van der Waals surface area contributed by atoms with Crippen LogP contribution in [0.4, 0.5) is 0 Å². The largest absolute Gasteiger partial charge is 0.872 e. The van der Waals surface area contributed by atoms with Gasteiger partial charge in [0.1, 0.15) is 34.2 Å². The Kier molecular flexibility index (Phi) is 15.1. The van der Waals surface area contributed by atoms with Gasteiger partial charge in [-0.25, -0.2) is 28.5 Å². The maximum atomic E-state index is 12.9. The minimum Gasteiger partial charge on any atom is -0.872 e. The van der Waals surface area contributed by atoms with Crippen LogP contribution in [-0.2, 0) is 70.3 Å². The van der Waals surface area contributed by atoms with Crippen LogP contribution in [0.3, 0.4) is 0 Å². The minimum atomic E-state index is -1.32. The Morgan fingerprint density at radius 3 is 1.49 bits per heavy atom. The summed E-state index contributed by atoms with van der Waals surface area (Å²) in [5, 5.41) is 43.6. The van der Waals surface area contributed by atoms with Gasteiger partial charge in [0.15, 0.2) is 69.2 Å². The van der Waals surface area contributed by atoms with Crippen LogP contribution in [0.2, 0.25) is 0 Å². The maximum Gasteiger partial charge on any atom is 0.370 e. The summed E-state index contributed by atoms with van der Waals surface area (Å²) in [5.41, 5.74) is 9.65. The van der Waals surface area contributed by atoms with Crippen molar-refractivity contribution in [3.8, 4) is 0 Å². The number of methoxy groups -OCH3 is 4. The summed E-state index contributed by atoms with van der Waals surface area (Å²) in [6.07, 6.45) is 24.4. The van der Waals surface area contributed by atoms with Gasteiger partial charge in [-0.15, -0.1) is 6.58 Å². The molecule has 0 spiro atoms. The summed E-state index contributed by atoms with van der Waals surface area (Å²) < 4.78 is 25.8. The van der Waals surface area contributed by atoms with Crippen LogP contribution < -0.4 is 33.6 Å². The molecule has 4 aromatic heterocycles. The number of nitrogens with zero attached hydrogens (tertiary/aromatic N) is 4. The van der Waals surface area contributed by atoms with Gasteiger partial charge in [0.2, 0.25) is 6.54 Å². The van der Waals surface area contributed by atoms with Crippen molar-refractivity contribution < 1.29 is 91.2 Å². The zero-order valence-corrected chi connectivity index (χ0v) is 43.6. The summed E-state index contributed by atoms with van der Waals surface area (Å²) >= 11 is 0. The molecule has 4 aliphatic rings. The second kappa shape index (κ2) is 21.0. The molecule has 19 heteroatoms. The zero-order valence-electron chi connectivity index (χ0n) is 43.6. The Hall–Kier alpha value is -9.13. The summed E-state index contributed by atoms with van der Waals surface area (Å²) in [6, 6.07) is 0. The number of aliphatic carboxylic acids is 3. The lowest BCUT2D eigenvalue weighted by Gasteiger charge is -2.23. The highest BCUT2D eigenvalue weighted by Gasteiger charge is 2.42. The molecule has 4 heterocycles. The number of aromatic nitrogens is 4. The molecule has 4 aromatic rings. The van der Waals surface area contributed by atoms with E-state index in [1.165, 1.54) is 60.7 Å². The molecule has 0 radical (unpaired) electrons. The lowest BCUT2D eigenvalue weighted by atomic mass is 9.80. The van der Waals surface area contributed by atoms with Crippen LogP contribution in [0.25, 0.3) is 33.4 Å². The van der Waals surface area contributed by atoms with Crippen molar-refractivity contribution in [3.05, 3.63) is 165 Å². The van der Waals surface area contributed by atoms with Gasteiger partial charge in [-0.05, 0) is 80.5 Å². The van der Waals surface area contributed by atoms with Crippen LogP contribution in [0.1, 0.15) is 127 Å². The predicted octanol–water partition coefficient (Wildman–Crippen LogP) is 1.48. The Balaban J connectivity index is 0.000000221. The minimum absolute atomic E-state index is 0.00938. The molecule has 0 aliphatic heterocycles. The van der Waals surface area contributed by atoms with E-state index < -0.39 is 65.7 Å². The lowest BCUT2D eigenvalue weighted by molar-refractivity contribution is -0.700. The average molecular weight is 1040 g/mol. The number of rotatable bonds is 14. The average Bonchev–Trinajstić information content (AvgIpc) is 4.00. The van der Waals surface area contributed by atoms with E-state index in [4.69, 9.17) is 18.9 Å². The number of ether oxygens (including phenoxy) is 4. The molecule has 0 bridgehead atoms. The monoisotopic (exact) mass is 1040 g/mol. The van der Waals surface area contributed by atoms with Gasteiger partial charge >= 0.3 is 29.8 Å². The number of carboxylic acids is 3. The van der Waals surface area contributed by atoms with Gasteiger partial charge in [-0.2, -0.15) is 13.7 Å². The number of esters is 4. The van der Waals surface area contributed by atoms with Crippen LogP contribution >= 0.6 is 0 Å². The smallest absolute Gasteiger partial charge is 0.370 e. The first kappa shape index (κ1) is 54.6. The topological polar surface area (TPSA) is 261 Å². The molecule has 8 rings (SSSR count). The summed E-state index contributed by atoms with van der Waals surface area (Å²) in [7, 11) is 5.08.